The van der Waals surface area contributed by atoms with Crippen molar-refractivity contribution in [2.45, 2.75) is 6.04 Å². The van der Waals surface area contributed by atoms with Crippen molar-refractivity contribution in [2.24, 2.45) is 0 Å². The van der Waals surface area contributed by atoms with Crippen molar-refractivity contribution < 1.29 is 14.3 Å². The van der Waals surface area contributed by atoms with Crippen LogP contribution in [-0.2, 0) is 0 Å². The molecule has 1 amide bonds. The smallest absolute Gasteiger partial charge is 0.257 e. The average molecular weight is 318 g/mol. The molecule has 22 heavy (non-hydrogen) atoms. The fraction of sp³-hybridized carbons (Fsp3) is 0.125. The Bertz CT molecular complexity index is 647. The number of rotatable bonds is 4. The van der Waals surface area contributed by atoms with Crippen LogP contribution in [-0.4, -0.2) is 22.7 Å². The third-order valence-corrected chi connectivity index (χ3v) is 3.24. The van der Waals surface area contributed by atoms with Crippen LogP contribution in [0.4, 0.5) is 4.39 Å². The molecule has 0 spiro atoms. The van der Waals surface area contributed by atoms with Gasteiger partial charge in [0.05, 0.1) is 12.6 Å². The Labute approximate surface area is 133 Å². The molecule has 3 N–H and O–H groups in total. The number of aliphatic hydroxyl groups is 1. The highest BCUT2D eigenvalue weighted by molar-refractivity contribution is 7.80. The lowest BCUT2D eigenvalue weighted by Gasteiger charge is -2.18. The molecule has 2 rings (SSSR count). The molecule has 4 nitrogen and oxygen atoms in total. The largest absolute Gasteiger partial charge is 0.394 e. The summed E-state index contributed by atoms with van der Waals surface area (Å²) < 4.78 is 12.8. The van der Waals surface area contributed by atoms with Gasteiger partial charge in [-0.25, -0.2) is 4.39 Å². The van der Waals surface area contributed by atoms with Gasteiger partial charge >= 0.3 is 0 Å². The Hall–Kier alpha value is -2.31. The zero-order chi connectivity index (χ0) is 15.9. The Morgan fingerprint density at radius 2 is 1.77 bits per heavy atom. The molecule has 114 valence electrons. The molecule has 0 bridgehead atoms. The summed E-state index contributed by atoms with van der Waals surface area (Å²) in [6, 6.07) is 14.0. The highest BCUT2D eigenvalue weighted by atomic mass is 32.1. The maximum atomic E-state index is 12.8. The SMILES string of the molecule is O=C(NC(=S)N[C@H](CO)c1ccccc1)c1ccc(F)cc1. The minimum absolute atomic E-state index is 0.0947. The van der Waals surface area contributed by atoms with E-state index in [1.807, 2.05) is 30.3 Å². The predicted molar refractivity (Wildman–Crippen MR) is 85.9 cm³/mol. The highest BCUT2D eigenvalue weighted by Crippen LogP contribution is 2.11. The topological polar surface area (TPSA) is 61.4 Å². The van der Waals surface area contributed by atoms with E-state index in [2.05, 4.69) is 10.6 Å². The number of benzene rings is 2. The Morgan fingerprint density at radius 3 is 2.36 bits per heavy atom. The van der Waals surface area contributed by atoms with Gasteiger partial charge < -0.3 is 10.4 Å². The van der Waals surface area contributed by atoms with Crippen LogP contribution in [0.5, 0.6) is 0 Å². The molecule has 0 saturated carbocycles. The van der Waals surface area contributed by atoms with Gasteiger partial charge in [0.1, 0.15) is 5.82 Å². The summed E-state index contributed by atoms with van der Waals surface area (Å²) in [5.74, 6) is -0.857. The van der Waals surface area contributed by atoms with E-state index in [0.29, 0.717) is 5.56 Å². The Morgan fingerprint density at radius 1 is 1.14 bits per heavy atom. The highest BCUT2D eigenvalue weighted by Gasteiger charge is 2.13. The predicted octanol–water partition coefficient (Wildman–Crippen LogP) is 2.16. The summed E-state index contributed by atoms with van der Waals surface area (Å²) in [4.78, 5) is 11.9. The van der Waals surface area contributed by atoms with Crippen molar-refractivity contribution >= 4 is 23.2 Å². The maximum Gasteiger partial charge on any atom is 0.257 e. The van der Waals surface area contributed by atoms with Crippen LogP contribution in [0.3, 0.4) is 0 Å². The van der Waals surface area contributed by atoms with E-state index in [9.17, 15) is 14.3 Å². The third-order valence-electron chi connectivity index (χ3n) is 3.02. The minimum atomic E-state index is -0.442. The summed E-state index contributed by atoms with van der Waals surface area (Å²) in [6.45, 7) is -0.170. The lowest BCUT2D eigenvalue weighted by molar-refractivity contribution is 0.0976. The molecule has 0 heterocycles. The second-order valence-electron chi connectivity index (χ2n) is 4.58. The number of nitrogens with one attached hydrogen (secondary N) is 2. The van der Waals surface area contributed by atoms with Gasteiger partial charge in [-0.2, -0.15) is 0 Å². The minimum Gasteiger partial charge on any atom is -0.394 e. The molecule has 0 radical (unpaired) electrons. The molecular weight excluding hydrogens is 303 g/mol. The normalized spacial score (nSPS) is 11.5. The fourth-order valence-corrected chi connectivity index (χ4v) is 2.13. The zero-order valence-corrected chi connectivity index (χ0v) is 12.4. The van der Waals surface area contributed by atoms with Crippen LogP contribution in [0.1, 0.15) is 22.0 Å². The van der Waals surface area contributed by atoms with Gasteiger partial charge in [-0.1, -0.05) is 30.3 Å². The van der Waals surface area contributed by atoms with Crippen molar-refractivity contribution in [3.05, 3.63) is 71.5 Å². The fourth-order valence-electron chi connectivity index (χ4n) is 1.89. The van der Waals surface area contributed by atoms with E-state index in [1.54, 1.807) is 0 Å². The molecule has 0 unspecified atom stereocenters. The van der Waals surface area contributed by atoms with Crippen molar-refractivity contribution in [1.29, 1.82) is 0 Å². The third kappa shape index (κ3) is 4.34. The summed E-state index contributed by atoms with van der Waals surface area (Å²) in [6.07, 6.45) is 0. The van der Waals surface area contributed by atoms with Crippen LogP contribution < -0.4 is 10.6 Å². The second-order valence-corrected chi connectivity index (χ2v) is 4.99. The molecule has 0 aliphatic heterocycles. The number of halogens is 1. The first-order chi connectivity index (χ1) is 10.6. The van der Waals surface area contributed by atoms with Crippen molar-refractivity contribution in [1.82, 2.24) is 10.6 Å². The molecule has 0 fully saturated rings. The van der Waals surface area contributed by atoms with E-state index in [1.165, 1.54) is 24.3 Å². The van der Waals surface area contributed by atoms with Crippen LogP contribution in [0.25, 0.3) is 0 Å². The summed E-state index contributed by atoms with van der Waals surface area (Å²) in [5.41, 5.74) is 1.15. The van der Waals surface area contributed by atoms with Gasteiger partial charge in [0, 0.05) is 5.56 Å². The lowest BCUT2D eigenvalue weighted by Crippen LogP contribution is -2.42. The first kappa shape index (κ1) is 16.1. The standard InChI is InChI=1S/C16H15FN2O2S/c17-13-8-6-12(7-9-13)15(21)19-16(22)18-14(10-20)11-4-2-1-3-5-11/h1-9,14,20H,10H2,(H2,18,19,21,22)/t14-/m1/s1. The molecule has 0 aromatic heterocycles. The van der Waals surface area contributed by atoms with E-state index < -0.39 is 17.8 Å². The Balaban J connectivity index is 1.97. The first-order valence-electron chi connectivity index (χ1n) is 6.63. The van der Waals surface area contributed by atoms with Crippen LogP contribution >= 0.6 is 12.2 Å². The zero-order valence-electron chi connectivity index (χ0n) is 11.6. The van der Waals surface area contributed by atoms with Gasteiger partial charge in [0.25, 0.3) is 5.91 Å². The average Bonchev–Trinajstić information content (AvgIpc) is 2.54. The number of hydrogen-bond donors (Lipinski definition) is 3. The van der Waals surface area contributed by atoms with Crippen LogP contribution in [0.15, 0.2) is 54.6 Å². The van der Waals surface area contributed by atoms with Gasteiger partial charge in [-0.05, 0) is 42.0 Å². The van der Waals surface area contributed by atoms with Crippen LogP contribution in [0.2, 0.25) is 0 Å². The molecular formula is C16H15FN2O2S. The Kier molecular flexibility index (Phi) is 5.57. The lowest BCUT2D eigenvalue weighted by atomic mass is 10.1. The van der Waals surface area contributed by atoms with E-state index in [0.717, 1.165) is 5.56 Å². The number of amides is 1. The number of aliphatic hydroxyl groups excluding tert-OH is 1. The van der Waals surface area contributed by atoms with Gasteiger partial charge in [0.15, 0.2) is 5.11 Å². The maximum absolute atomic E-state index is 12.8. The van der Waals surface area contributed by atoms with E-state index >= 15 is 0 Å². The van der Waals surface area contributed by atoms with Crippen molar-refractivity contribution in [3.63, 3.8) is 0 Å². The van der Waals surface area contributed by atoms with Crippen molar-refractivity contribution in [2.75, 3.05) is 6.61 Å². The molecule has 2 aromatic carbocycles. The molecule has 0 aliphatic carbocycles. The quantitative estimate of drug-likeness (QED) is 0.756. The van der Waals surface area contributed by atoms with Gasteiger partial charge in [-0.15, -0.1) is 0 Å². The van der Waals surface area contributed by atoms with Gasteiger partial charge in [0.2, 0.25) is 0 Å². The van der Waals surface area contributed by atoms with E-state index in [4.69, 9.17) is 12.2 Å². The number of thiocarbonyl (C=S) groups is 1. The summed E-state index contributed by atoms with van der Waals surface area (Å²) in [5, 5.41) is 14.9. The molecule has 0 saturated heterocycles. The second kappa shape index (κ2) is 7.63. The number of hydrogen-bond acceptors (Lipinski definition) is 3. The summed E-state index contributed by atoms with van der Waals surface area (Å²) >= 11 is 5.07. The summed E-state index contributed by atoms with van der Waals surface area (Å²) in [7, 11) is 0. The number of carbonyl (C=O) groups is 1. The van der Waals surface area contributed by atoms with Crippen LogP contribution in [0, 0.1) is 5.82 Å². The molecule has 0 aliphatic rings. The first-order valence-corrected chi connectivity index (χ1v) is 7.04. The van der Waals surface area contributed by atoms with Crippen molar-refractivity contribution in [3.8, 4) is 0 Å². The molecule has 6 heteroatoms. The number of carbonyl (C=O) groups excluding carboxylic acids is 1. The van der Waals surface area contributed by atoms with E-state index in [-0.39, 0.29) is 11.7 Å². The molecule has 1 atom stereocenters. The van der Waals surface area contributed by atoms with Gasteiger partial charge in [-0.3, -0.25) is 10.1 Å². The monoisotopic (exact) mass is 318 g/mol. The molecule has 2 aromatic rings.